The second-order valence-electron chi connectivity index (χ2n) is 17.3. The third kappa shape index (κ3) is 16.7. The van der Waals surface area contributed by atoms with Crippen molar-refractivity contribution in [3.8, 4) is 0 Å². The number of aromatic nitrogens is 14. The van der Waals surface area contributed by atoms with Crippen molar-refractivity contribution < 1.29 is 19.5 Å². The zero-order valence-corrected chi connectivity index (χ0v) is 58.4. The van der Waals surface area contributed by atoms with Crippen molar-refractivity contribution in [3.63, 3.8) is 0 Å². The summed E-state index contributed by atoms with van der Waals surface area (Å²) < 4.78 is 9.38. The summed E-state index contributed by atoms with van der Waals surface area (Å²) in [6, 6.07) is 3.57. The molecule has 0 radical (unpaired) electrons. The number of anilines is 1. The highest BCUT2D eigenvalue weighted by Crippen LogP contribution is 2.33. The number of halogens is 4. The number of fused-ring (bicyclic) bond motifs is 7. The summed E-state index contributed by atoms with van der Waals surface area (Å²) in [5, 5.41) is 24.3. The number of aldehydes is 1. The molecule has 0 unspecified atom stereocenters. The number of nitrogens with zero attached hydrogens (tertiary/aromatic N) is 12. The third-order valence-corrected chi connectivity index (χ3v) is 22.9. The first-order valence-corrected chi connectivity index (χ1v) is 34.7. The molecule has 21 nitrogen and oxygen atoms in total. The Morgan fingerprint density at radius 3 is 1.44 bits per heavy atom. The van der Waals surface area contributed by atoms with E-state index in [0.717, 1.165) is 99.9 Å². The molecule has 0 spiro atoms. The average molecular weight is 1550 g/mol. The van der Waals surface area contributed by atoms with E-state index in [1.54, 1.807) is 52.2 Å². The summed E-state index contributed by atoms with van der Waals surface area (Å²) in [7, 11) is 0. The number of carboxylic acids is 1. The number of carboxylic acid groups (broad SMARTS) is 1. The second kappa shape index (κ2) is 31.9. The van der Waals surface area contributed by atoms with Gasteiger partial charge in [-0.2, -0.15) is 0 Å². The van der Waals surface area contributed by atoms with Crippen LogP contribution in [0, 0.1) is 27.7 Å². The van der Waals surface area contributed by atoms with Crippen LogP contribution in [0.4, 0.5) is 5.69 Å². The minimum absolute atomic E-state index is 0.0440. The molecule has 15 aromatic rings. The van der Waals surface area contributed by atoms with Crippen LogP contribution in [0.5, 0.6) is 0 Å². The van der Waals surface area contributed by atoms with E-state index in [4.69, 9.17) is 22.4 Å². The molecule has 0 saturated heterocycles. The summed E-state index contributed by atoms with van der Waals surface area (Å²) in [5.41, 5.74) is 17.5. The van der Waals surface area contributed by atoms with Crippen molar-refractivity contribution in [2.75, 3.05) is 5.73 Å². The number of rotatable bonds is 4. The fraction of sp³-hybridized carbons (Fsp3) is 0.0893. The maximum Gasteiger partial charge on any atom is 0.338 e. The molecule has 0 aromatic carbocycles. The van der Waals surface area contributed by atoms with Gasteiger partial charge in [-0.1, -0.05) is 24.3 Å². The number of aromatic amines is 2. The van der Waals surface area contributed by atoms with Crippen LogP contribution < -0.4 is 16.9 Å². The van der Waals surface area contributed by atoms with Gasteiger partial charge in [-0.3, -0.25) is 19.2 Å². The van der Waals surface area contributed by atoms with Crippen molar-refractivity contribution in [3.05, 3.63) is 190 Å². The summed E-state index contributed by atoms with van der Waals surface area (Å²) in [6.45, 7) is 13.0. The number of hydrogen-bond acceptors (Lipinski definition) is 26. The fourth-order valence-electron chi connectivity index (χ4n) is 7.29. The molecule has 0 fully saturated rings. The molecule has 0 aliphatic carbocycles. The zero-order valence-electron chi connectivity index (χ0n) is 46.4. The van der Waals surface area contributed by atoms with Gasteiger partial charge >= 0.3 is 5.97 Å². The molecular weight excluding hydrogens is 1510 g/mol. The van der Waals surface area contributed by atoms with Crippen molar-refractivity contribution in [1.82, 2.24) is 69.8 Å². The van der Waals surface area contributed by atoms with E-state index >= 15 is 0 Å². The van der Waals surface area contributed by atoms with Crippen LogP contribution in [0.1, 0.15) is 65.7 Å². The zero-order chi connectivity index (χ0) is 63.9. The number of hydrogen-bond donors (Lipinski definition) is 4. The quantitative estimate of drug-likeness (QED) is 0.0722. The van der Waals surface area contributed by atoms with Gasteiger partial charge in [-0.15, -0.1) is 90.7 Å². The van der Waals surface area contributed by atoms with Crippen LogP contribution in [0.3, 0.4) is 0 Å². The monoisotopic (exact) mass is 1550 g/mol. The van der Waals surface area contributed by atoms with Gasteiger partial charge in [0, 0.05) is 44.8 Å². The Hall–Kier alpha value is -7.34. The maximum absolute atomic E-state index is 11.1. The predicted molar refractivity (Wildman–Crippen MR) is 376 cm³/mol. The number of Topliss-reactive ketones (excluding diaryl/α,β-unsaturated/α-hetero) is 1. The van der Waals surface area contributed by atoms with Crippen molar-refractivity contribution in [2.45, 2.75) is 34.6 Å². The molecule has 0 aliphatic rings. The highest BCUT2D eigenvalue weighted by Gasteiger charge is 2.14. The number of H-pyrrole nitrogens is 2. The van der Waals surface area contributed by atoms with Crippen molar-refractivity contribution >= 4 is 251 Å². The number of carbonyl (C=O) groups excluding carboxylic acids is 2. The van der Waals surface area contributed by atoms with Crippen molar-refractivity contribution in [2.24, 2.45) is 0 Å². The Kier molecular flexibility index (Phi) is 24.2. The lowest BCUT2D eigenvalue weighted by molar-refractivity contribution is 0.0698. The Bertz CT molecular complexity index is 4950. The Labute approximate surface area is 565 Å². The van der Waals surface area contributed by atoms with Gasteiger partial charge in [0.15, 0.2) is 12.1 Å². The van der Waals surface area contributed by atoms with E-state index in [0.29, 0.717) is 36.2 Å². The summed E-state index contributed by atoms with van der Waals surface area (Å²) in [5.74, 6) is -0.896. The van der Waals surface area contributed by atoms with E-state index < -0.39 is 5.97 Å². The van der Waals surface area contributed by atoms with Gasteiger partial charge in [0.2, 0.25) is 0 Å². The van der Waals surface area contributed by atoms with E-state index in [9.17, 15) is 24.0 Å². The van der Waals surface area contributed by atoms with Gasteiger partial charge in [0.1, 0.15) is 57.2 Å². The van der Waals surface area contributed by atoms with E-state index in [1.807, 2.05) is 66.7 Å². The topological polar surface area (TPSA) is 318 Å². The van der Waals surface area contributed by atoms with Crippen LogP contribution in [0.2, 0.25) is 5.15 Å². The number of ketones is 1. The van der Waals surface area contributed by atoms with E-state index in [-0.39, 0.29) is 22.5 Å². The van der Waals surface area contributed by atoms with E-state index in [2.05, 4.69) is 130 Å². The van der Waals surface area contributed by atoms with Gasteiger partial charge in [-0.25, -0.2) is 64.6 Å². The number of nitrogens with one attached hydrogen (secondary N) is 2. The Morgan fingerprint density at radius 1 is 0.528 bits per heavy atom. The molecule has 0 bridgehead atoms. The average Bonchev–Trinajstić information content (AvgIpc) is 3.20. The number of aromatic carboxylic acids is 1. The smallest absolute Gasteiger partial charge is 0.338 e. The summed E-state index contributed by atoms with van der Waals surface area (Å²) >= 11 is 27.8. The first-order chi connectivity index (χ1) is 42.8. The molecule has 33 heteroatoms. The molecule has 15 rings (SSSR count). The molecule has 15 aromatic heterocycles. The van der Waals surface area contributed by atoms with Crippen LogP contribution in [0.15, 0.2) is 129 Å². The lowest BCUT2D eigenvalue weighted by atomic mass is 10.2. The maximum atomic E-state index is 11.1. The molecule has 15 heterocycles. The summed E-state index contributed by atoms with van der Waals surface area (Å²) in [4.78, 5) is 108. The second-order valence-corrected chi connectivity index (χ2v) is 27.4. The lowest BCUT2D eigenvalue weighted by Crippen LogP contribution is -2.03. The molecular formula is C56H41Br3ClN15O6S8. The number of nitrogen functional groups attached to an aromatic ring is 1. The molecule has 0 saturated carbocycles. The first-order valence-electron chi connectivity index (χ1n) is 24.9. The Morgan fingerprint density at radius 2 is 0.955 bits per heavy atom. The lowest BCUT2D eigenvalue weighted by Gasteiger charge is -1.93. The van der Waals surface area contributed by atoms with Crippen molar-refractivity contribution in [1.29, 1.82) is 0 Å². The number of nitrogens with two attached hydrogens (primary N) is 1. The third-order valence-electron chi connectivity index (χ3n) is 11.6. The molecule has 89 heavy (non-hydrogen) atoms. The SMILES string of the molecule is C=Cc1csc2c(C)ncnc12.CC(=O)c1sccc1N.Cc1ncnc2c(Br)csc12.Cc1ncnc2c(C(=O)O)csc12.Cc1ncnc2c(C=O)csc12.Clc1ncnc2c(Br)csc12.O=c1[nH]cnc2c(Br)csc12.O=c1[nH]cnc2ccsc12. The first kappa shape index (κ1) is 67.6. The van der Waals surface area contributed by atoms with Gasteiger partial charge in [0.25, 0.3) is 11.1 Å². The summed E-state index contributed by atoms with van der Waals surface area (Å²) in [6.07, 6.45) is 13.0. The molecule has 452 valence electrons. The molecule has 5 N–H and O–H groups in total. The minimum Gasteiger partial charge on any atom is -0.478 e. The van der Waals surface area contributed by atoms with Crippen LogP contribution in [-0.4, -0.2) is 92.9 Å². The molecule has 0 aliphatic heterocycles. The van der Waals surface area contributed by atoms with E-state index in [1.165, 1.54) is 111 Å². The predicted octanol–water partition coefficient (Wildman–Crippen LogP) is 16.3. The standard InChI is InChI=1S/C9H8N2S.C8H6N2O2S.C8H6N2OS.C7H5BrN2S.C6H2BrClN2S.C6H3BrN2OS.C6H4N2OS.C6H7NOS/c1-3-7-4-12-9-6(2)10-5-11-8(7)9;1-4-7-6(10-3-9-4)5(2-13-7)8(11)12;1-5-8-7(10-4-9-5)6(2-11)3-12-8;1-4-7-6(10-3-9-4)5(8)2-11-7;7-3-1-11-5-4(3)9-2-10-6(5)8;7-3-1-11-5-4(3)8-2-9-6(5)10;9-6-5-4(1-2-10-5)7-3-8-6;1-4(8)6-5(7)2-3-9-6/h3-5H,1H2,2H3;2-3H,1H3,(H,11,12);2-4H,1H3;2-3H,1H3;1-2H;1-2H,(H,8,9,10);1-3H,(H,7,8,9);2-3H,7H2,1H3. The molecule has 0 atom stereocenters. The number of aryl methyl sites for hydroxylation is 4. The minimum atomic E-state index is -0.940. The Balaban J connectivity index is 0.000000132. The van der Waals surface area contributed by atoms with Gasteiger partial charge in [-0.05, 0) is 98.4 Å². The number of thiophene rings is 8. The van der Waals surface area contributed by atoms with Crippen LogP contribution in [-0.2, 0) is 0 Å². The normalized spacial score (nSPS) is 10.4. The molecule has 0 amide bonds. The highest BCUT2D eigenvalue weighted by atomic mass is 79.9. The van der Waals surface area contributed by atoms with Gasteiger partial charge < -0.3 is 20.8 Å². The largest absolute Gasteiger partial charge is 0.478 e. The highest BCUT2D eigenvalue weighted by molar-refractivity contribution is 9.11. The fourth-order valence-corrected chi connectivity index (χ4v) is 16.3. The van der Waals surface area contributed by atoms with Crippen LogP contribution in [0.25, 0.3) is 77.6 Å². The van der Waals surface area contributed by atoms with Crippen LogP contribution >= 0.6 is 150 Å². The number of carbonyl (C=O) groups is 3. The van der Waals surface area contributed by atoms with Gasteiger partial charge in [0.05, 0.1) is 122 Å².